The number of amides is 1. The average Bonchev–Trinajstić information content (AvgIpc) is 3.00. The van der Waals surface area contributed by atoms with Gasteiger partial charge in [-0.3, -0.25) is 9.48 Å². The molecular weight excluding hydrogens is 326 g/mol. The fourth-order valence-electron chi connectivity index (χ4n) is 3.80. The molecule has 0 bridgehead atoms. The van der Waals surface area contributed by atoms with Crippen molar-refractivity contribution in [3.63, 3.8) is 0 Å². The van der Waals surface area contributed by atoms with Gasteiger partial charge in [-0.25, -0.2) is 0 Å². The van der Waals surface area contributed by atoms with E-state index in [0.29, 0.717) is 17.5 Å². The number of hydrogen-bond acceptors (Lipinski definition) is 3. The van der Waals surface area contributed by atoms with Crippen LogP contribution in [0.2, 0.25) is 0 Å². The van der Waals surface area contributed by atoms with Crippen LogP contribution in [-0.2, 0) is 13.5 Å². The molecule has 0 spiro atoms. The zero-order valence-electron chi connectivity index (χ0n) is 16.2. The number of rotatable bonds is 5. The normalized spacial score (nSPS) is 15.5. The lowest BCUT2D eigenvalue weighted by molar-refractivity contribution is 0.0701. The smallest absolute Gasteiger partial charge is 0.272 e. The zero-order valence-corrected chi connectivity index (χ0v) is 16.2. The molecule has 3 rings (SSSR count). The fourth-order valence-corrected chi connectivity index (χ4v) is 3.80. The Morgan fingerprint density at radius 1 is 1.27 bits per heavy atom. The van der Waals surface area contributed by atoms with Crippen LogP contribution in [0.15, 0.2) is 30.3 Å². The second-order valence-corrected chi connectivity index (χ2v) is 7.55. The summed E-state index contributed by atoms with van der Waals surface area (Å²) in [6.07, 6.45) is 2.82. The van der Waals surface area contributed by atoms with Gasteiger partial charge in [0, 0.05) is 20.1 Å². The Morgan fingerprint density at radius 2 is 1.96 bits per heavy atom. The van der Waals surface area contributed by atoms with E-state index in [2.05, 4.69) is 31.1 Å². The summed E-state index contributed by atoms with van der Waals surface area (Å²) in [5.74, 6) is 2.01. The van der Waals surface area contributed by atoms with Crippen molar-refractivity contribution in [3.05, 3.63) is 47.3 Å². The Balaban J connectivity index is 1.66. The van der Waals surface area contributed by atoms with Crippen LogP contribution < -0.4 is 4.74 Å². The molecule has 0 radical (unpaired) electrons. The minimum Gasteiger partial charge on any atom is -0.496 e. The summed E-state index contributed by atoms with van der Waals surface area (Å²) < 4.78 is 7.23. The summed E-state index contributed by atoms with van der Waals surface area (Å²) in [6, 6.07) is 10.2. The number of carbonyl (C=O) groups excluding carboxylic acids is 1. The molecule has 0 saturated carbocycles. The summed E-state index contributed by atoms with van der Waals surface area (Å²) in [5, 5.41) is 4.50. The van der Waals surface area contributed by atoms with Gasteiger partial charge in [-0.05, 0) is 48.8 Å². The highest BCUT2D eigenvalue weighted by Gasteiger charge is 2.27. The van der Waals surface area contributed by atoms with E-state index < -0.39 is 0 Å². The van der Waals surface area contributed by atoms with Crippen LogP contribution in [0.25, 0.3) is 0 Å². The number of aryl methyl sites for hydroxylation is 1. The maximum absolute atomic E-state index is 12.9. The number of likely N-dealkylation sites (tertiary alicyclic amines) is 1. The molecule has 2 aromatic rings. The van der Waals surface area contributed by atoms with E-state index in [1.54, 1.807) is 11.8 Å². The van der Waals surface area contributed by atoms with Gasteiger partial charge >= 0.3 is 0 Å². The molecule has 1 amide bonds. The summed E-state index contributed by atoms with van der Waals surface area (Å²) >= 11 is 0. The lowest BCUT2D eigenvalue weighted by atomic mass is 9.88. The third-order valence-electron chi connectivity index (χ3n) is 5.13. The summed E-state index contributed by atoms with van der Waals surface area (Å²) in [4.78, 5) is 14.9. The van der Waals surface area contributed by atoms with Gasteiger partial charge in [0.1, 0.15) is 11.4 Å². The van der Waals surface area contributed by atoms with Gasteiger partial charge in [-0.1, -0.05) is 32.0 Å². The second-order valence-electron chi connectivity index (χ2n) is 7.55. The minimum absolute atomic E-state index is 0.0912. The van der Waals surface area contributed by atoms with Crippen molar-refractivity contribution in [1.82, 2.24) is 14.7 Å². The molecule has 0 atom stereocenters. The minimum atomic E-state index is 0.0912. The number of carbonyl (C=O) groups is 1. The van der Waals surface area contributed by atoms with Gasteiger partial charge < -0.3 is 9.64 Å². The largest absolute Gasteiger partial charge is 0.496 e. The highest BCUT2D eigenvalue weighted by molar-refractivity contribution is 5.92. The first kappa shape index (κ1) is 18.5. The molecule has 0 aliphatic carbocycles. The van der Waals surface area contributed by atoms with E-state index >= 15 is 0 Å². The third kappa shape index (κ3) is 3.92. The van der Waals surface area contributed by atoms with Gasteiger partial charge in [-0.2, -0.15) is 5.10 Å². The molecule has 2 heterocycles. The van der Waals surface area contributed by atoms with Crippen LogP contribution >= 0.6 is 0 Å². The average molecular weight is 355 g/mol. The maximum Gasteiger partial charge on any atom is 0.272 e. The van der Waals surface area contributed by atoms with Crippen LogP contribution in [0.3, 0.4) is 0 Å². The molecule has 1 fully saturated rings. The molecule has 5 heteroatoms. The predicted molar refractivity (Wildman–Crippen MR) is 103 cm³/mol. The number of methoxy groups -OCH3 is 1. The molecule has 140 valence electrons. The molecule has 1 aromatic carbocycles. The number of aromatic nitrogens is 2. The van der Waals surface area contributed by atoms with Crippen LogP contribution in [0.5, 0.6) is 5.75 Å². The first-order valence-electron chi connectivity index (χ1n) is 9.44. The van der Waals surface area contributed by atoms with Crippen molar-refractivity contribution < 1.29 is 9.53 Å². The SMILES string of the molecule is COc1ccccc1C1CCN(C(=O)c2cc(CC(C)C)nn2C)CC1. The Morgan fingerprint density at radius 3 is 2.62 bits per heavy atom. The highest BCUT2D eigenvalue weighted by Crippen LogP contribution is 2.34. The van der Waals surface area contributed by atoms with E-state index in [1.165, 1.54) is 5.56 Å². The van der Waals surface area contributed by atoms with E-state index in [4.69, 9.17) is 4.74 Å². The molecule has 26 heavy (non-hydrogen) atoms. The predicted octanol–water partition coefficient (Wildman–Crippen LogP) is 3.65. The maximum atomic E-state index is 12.9. The van der Waals surface area contributed by atoms with Crippen LogP contribution in [-0.4, -0.2) is 40.8 Å². The summed E-state index contributed by atoms with van der Waals surface area (Å²) in [6.45, 7) is 5.87. The lowest BCUT2D eigenvalue weighted by Crippen LogP contribution is -2.38. The molecule has 0 N–H and O–H groups in total. The molecule has 1 aromatic heterocycles. The quantitative estimate of drug-likeness (QED) is 0.822. The second kappa shape index (κ2) is 7.94. The Bertz CT molecular complexity index is 758. The van der Waals surface area contributed by atoms with Gasteiger partial charge in [-0.15, -0.1) is 0 Å². The first-order chi connectivity index (χ1) is 12.5. The van der Waals surface area contributed by atoms with Crippen molar-refractivity contribution in [2.75, 3.05) is 20.2 Å². The molecule has 1 saturated heterocycles. The summed E-state index contributed by atoms with van der Waals surface area (Å²) in [5.41, 5.74) is 2.94. The van der Waals surface area contributed by atoms with Gasteiger partial charge in [0.25, 0.3) is 5.91 Å². The van der Waals surface area contributed by atoms with Crippen molar-refractivity contribution in [1.29, 1.82) is 0 Å². The lowest BCUT2D eigenvalue weighted by Gasteiger charge is -2.32. The van der Waals surface area contributed by atoms with E-state index in [-0.39, 0.29) is 5.91 Å². The third-order valence-corrected chi connectivity index (χ3v) is 5.13. The first-order valence-corrected chi connectivity index (χ1v) is 9.44. The van der Waals surface area contributed by atoms with Crippen LogP contribution in [0.1, 0.15) is 54.4 Å². The van der Waals surface area contributed by atoms with Crippen molar-refractivity contribution in [3.8, 4) is 5.75 Å². The Hall–Kier alpha value is -2.30. The number of para-hydroxylation sites is 1. The molecule has 0 unspecified atom stereocenters. The Labute approximate surface area is 156 Å². The number of ether oxygens (including phenoxy) is 1. The van der Waals surface area contributed by atoms with E-state index in [0.717, 1.165) is 43.8 Å². The van der Waals surface area contributed by atoms with Crippen LogP contribution in [0, 0.1) is 5.92 Å². The number of benzene rings is 1. The van der Waals surface area contributed by atoms with Gasteiger partial charge in [0.15, 0.2) is 0 Å². The van der Waals surface area contributed by atoms with Crippen molar-refractivity contribution in [2.45, 2.75) is 39.0 Å². The summed E-state index contributed by atoms with van der Waals surface area (Å²) in [7, 11) is 3.58. The highest BCUT2D eigenvalue weighted by atomic mass is 16.5. The standard InChI is InChI=1S/C21H29N3O2/c1-15(2)13-17-14-19(23(3)22-17)21(25)24-11-9-16(10-12-24)18-7-5-6-8-20(18)26-4/h5-8,14-16H,9-13H2,1-4H3. The Kier molecular flexibility index (Phi) is 5.64. The van der Waals surface area contributed by atoms with Crippen molar-refractivity contribution in [2.24, 2.45) is 13.0 Å². The monoisotopic (exact) mass is 355 g/mol. The molecular formula is C21H29N3O2. The van der Waals surface area contributed by atoms with Gasteiger partial charge in [0.05, 0.1) is 12.8 Å². The zero-order chi connectivity index (χ0) is 18.7. The fraction of sp³-hybridized carbons (Fsp3) is 0.524. The van der Waals surface area contributed by atoms with Crippen molar-refractivity contribution >= 4 is 5.91 Å². The van der Waals surface area contributed by atoms with E-state index in [1.807, 2.05) is 30.1 Å². The topological polar surface area (TPSA) is 47.4 Å². The molecule has 1 aliphatic rings. The van der Waals surface area contributed by atoms with Gasteiger partial charge in [0.2, 0.25) is 0 Å². The van der Waals surface area contributed by atoms with Crippen LogP contribution in [0.4, 0.5) is 0 Å². The van der Waals surface area contributed by atoms with E-state index in [9.17, 15) is 4.79 Å². The number of piperidine rings is 1. The molecule has 1 aliphatic heterocycles. The number of nitrogens with zero attached hydrogens (tertiary/aromatic N) is 3. The number of hydrogen-bond donors (Lipinski definition) is 0. The molecule has 5 nitrogen and oxygen atoms in total.